The molecule has 1 saturated heterocycles. The maximum absolute atomic E-state index is 12.0. The van der Waals surface area contributed by atoms with Gasteiger partial charge in [-0.1, -0.05) is 30.3 Å². The van der Waals surface area contributed by atoms with Crippen LogP contribution < -0.4 is 5.32 Å². The van der Waals surface area contributed by atoms with Gasteiger partial charge >= 0.3 is 0 Å². The number of nitrogens with one attached hydrogen (secondary N) is 1. The van der Waals surface area contributed by atoms with Crippen LogP contribution in [0.1, 0.15) is 12.0 Å². The average molecular weight is 310 g/mol. The lowest BCUT2D eigenvalue weighted by Gasteiger charge is -2.27. The molecule has 116 valence electrons. The number of carbonyl (C=O) groups is 1. The molecule has 0 aliphatic carbocycles. The minimum Gasteiger partial charge on any atom is -0.339 e. The van der Waals surface area contributed by atoms with E-state index in [1.54, 1.807) is 4.90 Å². The van der Waals surface area contributed by atoms with Crippen LogP contribution >= 0.6 is 0 Å². The van der Waals surface area contributed by atoms with E-state index in [2.05, 4.69) is 5.32 Å². The molecule has 0 atom stereocenters. The Kier molecular flexibility index (Phi) is 5.76. The number of nitrogens with zero attached hydrogens (tertiary/aromatic N) is 1. The summed E-state index contributed by atoms with van der Waals surface area (Å²) in [7, 11) is -3.31. The number of amides is 1. The van der Waals surface area contributed by atoms with E-state index in [1.165, 1.54) is 0 Å². The number of rotatable bonds is 6. The van der Waals surface area contributed by atoms with Crippen LogP contribution in [-0.4, -0.2) is 56.9 Å². The molecule has 0 unspecified atom stereocenters. The standard InChI is InChI=1S/C15H22N2O3S/c18-15(17-10-8-16-9-11-17)13-21(19,20)12-4-7-14-5-2-1-3-6-14/h1-3,5-6,16H,4,7-13H2. The van der Waals surface area contributed by atoms with Crippen LogP contribution in [0.4, 0.5) is 0 Å². The smallest absolute Gasteiger partial charge is 0.237 e. The lowest BCUT2D eigenvalue weighted by molar-refractivity contribution is -0.128. The maximum atomic E-state index is 12.0. The first kappa shape index (κ1) is 16.0. The number of sulfone groups is 1. The molecule has 1 aromatic carbocycles. The topological polar surface area (TPSA) is 66.5 Å². The molecular formula is C15H22N2O3S. The Morgan fingerprint density at radius 2 is 1.81 bits per heavy atom. The zero-order valence-corrected chi connectivity index (χ0v) is 12.9. The number of carbonyl (C=O) groups excluding carboxylic acids is 1. The lowest BCUT2D eigenvalue weighted by atomic mass is 10.1. The minimum atomic E-state index is -3.31. The van der Waals surface area contributed by atoms with Crippen molar-refractivity contribution in [2.75, 3.05) is 37.7 Å². The van der Waals surface area contributed by atoms with Gasteiger partial charge in [0.25, 0.3) is 0 Å². The van der Waals surface area contributed by atoms with Gasteiger partial charge in [-0.15, -0.1) is 0 Å². The molecule has 2 rings (SSSR count). The second-order valence-corrected chi connectivity index (χ2v) is 7.50. The fourth-order valence-electron chi connectivity index (χ4n) is 2.41. The van der Waals surface area contributed by atoms with Gasteiger partial charge in [0.05, 0.1) is 5.75 Å². The molecule has 1 amide bonds. The third-order valence-electron chi connectivity index (χ3n) is 3.58. The lowest BCUT2D eigenvalue weighted by Crippen LogP contribution is -2.48. The van der Waals surface area contributed by atoms with Crippen LogP contribution in [0.25, 0.3) is 0 Å². The van der Waals surface area contributed by atoms with Crippen LogP contribution in [0.2, 0.25) is 0 Å². The van der Waals surface area contributed by atoms with Gasteiger partial charge in [-0.3, -0.25) is 4.79 Å². The molecule has 0 radical (unpaired) electrons. The highest BCUT2D eigenvalue weighted by Gasteiger charge is 2.22. The largest absolute Gasteiger partial charge is 0.339 e. The van der Waals surface area contributed by atoms with Gasteiger partial charge in [0.2, 0.25) is 5.91 Å². The van der Waals surface area contributed by atoms with E-state index in [0.29, 0.717) is 19.5 Å². The Morgan fingerprint density at radius 3 is 2.48 bits per heavy atom. The summed E-state index contributed by atoms with van der Waals surface area (Å²) in [6.45, 7) is 2.66. The van der Waals surface area contributed by atoms with Crippen molar-refractivity contribution >= 4 is 15.7 Å². The molecule has 1 N–H and O–H groups in total. The Labute approximate surface area is 126 Å². The molecule has 0 saturated carbocycles. The van der Waals surface area contributed by atoms with Crippen LogP contribution in [0, 0.1) is 0 Å². The third kappa shape index (κ3) is 5.47. The highest BCUT2D eigenvalue weighted by atomic mass is 32.2. The Morgan fingerprint density at radius 1 is 1.14 bits per heavy atom. The zero-order chi connectivity index (χ0) is 15.1. The second kappa shape index (κ2) is 7.56. The minimum absolute atomic E-state index is 0.0692. The third-order valence-corrected chi connectivity index (χ3v) is 5.17. The highest BCUT2D eigenvalue weighted by molar-refractivity contribution is 7.92. The monoisotopic (exact) mass is 310 g/mol. The van der Waals surface area contributed by atoms with Crippen molar-refractivity contribution in [2.24, 2.45) is 0 Å². The van der Waals surface area contributed by atoms with Gasteiger partial charge in [-0.25, -0.2) is 8.42 Å². The van der Waals surface area contributed by atoms with Crippen molar-refractivity contribution in [2.45, 2.75) is 12.8 Å². The van der Waals surface area contributed by atoms with Crippen molar-refractivity contribution in [3.8, 4) is 0 Å². The number of hydrogen-bond acceptors (Lipinski definition) is 4. The van der Waals surface area contributed by atoms with Gasteiger partial charge < -0.3 is 10.2 Å². The van der Waals surface area contributed by atoms with Gasteiger partial charge in [0.1, 0.15) is 5.75 Å². The summed E-state index contributed by atoms with van der Waals surface area (Å²) in [5.41, 5.74) is 1.13. The summed E-state index contributed by atoms with van der Waals surface area (Å²) in [5.74, 6) is -0.558. The first-order chi connectivity index (χ1) is 10.1. The average Bonchev–Trinajstić information content (AvgIpc) is 2.48. The second-order valence-electron chi connectivity index (χ2n) is 5.31. The fourth-order valence-corrected chi connectivity index (χ4v) is 3.69. The summed E-state index contributed by atoms with van der Waals surface area (Å²) < 4.78 is 24.0. The number of hydrogen-bond donors (Lipinski definition) is 1. The van der Waals surface area contributed by atoms with E-state index in [0.717, 1.165) is 25.1 Å². The van der Waals surface area contributed by atoms with E-state index in [-0.39, 0.29) is 17.4 Å². The molecule has 1 fully saturated rings. The predicted molar refractivity (Wildman–Crippen MR) is 82.9 cm³/mol. The maximum Gasteiger partial charge on any atom is 0.237 e. The van der Waals surface area contributed by atoms with Crippen molar-refractivity contribution in [3.05, 3.63) is 35.9 Å². The number of aryl methyl sites for hydroxylation is 1. The summed E-state index contributed by atoms with van der Waals surface area (Å²) in [6, 6.07) is 9.79. The summed E-state index contributed by atoms with van der Waals surface area (Å²) in [6.07, 6.45) is 1.28. The summed E-state index contributed by atoms with van der Waals surface area (Å²) in [5, 5.41) is 3.14. The van der Waals surface area contributed by atoms with Crippen LogP contribution in [-0.2, 0) is 21.1 Å². The van der Waals surface area contributed by atoms with Crippen molar-refractivity contribution in [1.82, 2.24) is 10.2 Å². The van der Waals surface area contributed by atoms with Gasteiger partial charge in [0.15, 0.2) is 9.84 Å². The first-order valence-electron chi connectivity index (χ1n) is 7.30. The molecule has 21 heavy (non-hydrogen) atoms. The SMILES string of the molecule is O=C(CS(=O)(=O)CCCc1ccccc1)N1CCNCC1. The fraction of sp³-hybridized carbons (Fsp3) is 0.533. The summed E-state index contributed by atoms with van der Waals surface area (Å²) >= 11 is 0. The Balaban J connectivity index is 1.77. The van der Waals surface area contributed by atoms with E-state index < -0.39 is 9.84 Å². The summed E-state index contributed by atoms with van der Waals surface area (Å²) in [4.78, 5) is 13.6. The Hall–Kier alpha value is -1.40. The normalized spacial score (nSPS) is 15.9. The molecule has 6 heteroatoms. The number of piperazine rings is 1. The molecule has 0 bridgehead atoms. The number of benzene rings is 1. The van der Waals surface area contributed by atoms with Gasteiger partial charge in [0, 0.05) is 26.2 Å². The van der Waals surface area contributed by atoms with Crippen molar-refractivity contribution in [3.63, 3.8) is 0 Å². The zero-order valence-electron chi connectivity index (χ0n) is 12.1. The van der Waals surface area contributed by atoms with Gasteiger partial charge in [-0.2, -0.15) is 0 Å². The van der Waals surface area contributed by atoms with E-state index in [1.807, 2.05) is 30.3 Å². The van der Waals surface area contributed by atoms with Crippen molar-refractivity contribution < 1.29 is 13.2 Å². The molecule has 0 spiro atoms. The molecule has 5 nitrogen and oxygen atoms in total. The molecule has 0 aromatic heterocycles. The van der Waals surface area contributed by atoms with E-state index in [4.69, 9.17) is 0 Å². The van der Waals surface area contributed by atoms with Crippen LogP contribution in [0.15, 0.2) is 30.3 Å². The predicted octanol–water partition coefficient (Wildman–Crippen LogP) is 0.466. The molecular weight excluding hydrogens is 288 g/mol. The van der Waals surface area contributed by atoms with Crippen LogP contribution in [0.5, 0.6) is 0 Å². The quantitative estimate of drug-likeness (QED) is 0.829. The molecule has 1 heterocycles. The van der Waals surface area contributed by atoms with E-state index in [9.17, 15) is 13.2 Å². The first-order valence-corrected chi connectivity index (χ1v) is 9.12. The molecule has 1 aliphatic heterocycles. The van der Waals surface area contributed by atoms with Crippen molar-refractivity contribution in [1.29, 1.82) is 0 Å². The highest BCUT2D eigenvalue weighted by Crippen LogP contribution is 2.06. The molecule has 1 aliphatic rings. The van der Waals surface area contributed by atoms with Gasteiger partial charge in [-0.05, 0) is 18.4 Å². The van der Waals surface area contributed by atoms with Crippen LogP contribution in [0.3, 0.4) is 0 Å². The Bertz CT molecular complexity index is 552. The van der Waals surface area contributed by atoms with E-state index >= 15 is 0 Å². The molecule has 1 aromatic rings.